The molecular weight excluding hydrogens is 230 g/mol. The second kappa shape index (κ2) is 5.12. The summed E-state index contributed by atoms with van der Waals surface area (Å²) in [6.07, 6.45) is 0. The second-order valence-electron chi connectivity index (χ2n) is 5.11. The van der Waals surface area contributed by atoms with Crippen molar-refractivity contribution in [3.05, 3.63) is 30.3 Å². The Balaban J connectivity index is 2.89. The van der Waals surface area contributed by atoms with E-state index >= 15 is 0 Å². The Morgan fingerprint density at radius 2 is 1.50 bits per heavy atom. The number of para-hydroxylation sites is 1. The summed E-state index contributed by atoms with van der Waals surface area (Å²) >= 11 is 0. The molecule has 1 aromatic carbocycles. The molecule has 0 aliphatic rings. The lowest BCUT2D eigenvalue weighted by molar-refractivity contribution is -0.146. The van der Waals surface area contributed by atoms with Crippen LogP contribution in [0.1, 0.15) is 20.8 Å². The van der Waals surface area contributed by atoms with Crippen molar-refractivity contribution in [3.8, 4) is 0 Å². The van der Waals surface area contributed by atoms with Crippen molar-refractivity contribution < 1.29 is 14.4 Å². The topological polar surface area (TPSA) is 54.5 Å². The van der Waals surface area contributed by atoms with Crippen LogP contribution in [-0.2, 0) is 14.4 Å². The summed E-state index contributed by atoms with van der Waals surface area (Å²) in [6, 6.07) is 8.73. The maximum Gasteiger partial charge on any atom is 0.302 e. The number of ketones is 2. The van der Waals surface area contributed by atoms with Crippen molar-refractivity contribution in [2.75, 3.05) is 11.9 Å². The van der Waals surface area contributed by atoms with E-state index in [1.54, 1.807) is 45.0 Å². The van der Waals surface area contributed by atoms with Crippen LogP contribution in [0.15, 0.2) is 30.3 Å². The molecule has 0 aromatic heterocycles. The molecule has 0 spiro atoms. The summed E-state index contributed by atoms with van der Waals surface area (Å²) in [5.74, 6) is -2.45. The number of amides is 1. The van der Waals surface area contributed by atoms with Gasteiger partial charge >= 0.3 is 5.91 Å². The fourth-order valence-electron chi connectivity index (χ4n) is 1.36. The Kier molecular flexibility index (Phi) is 4.01. The van der Waals surface area contributed by atoms with Crippen LogP contribution in [0.25, 0.3) is 0 Å². The van der Waals surface area contributed by atoms with E-state index in [1.807, 2.05) is 6.07 Å². The highest BCUT2D eigenvalue weighted by molar-refractivity contribution is 6.66. The maximum absolute atomic E-state index is 11.9. The van der Waals surface area contributed by atoms with Gasteiger partial charge in [0.15, 0.2) is 0 Å². The van der Waals surface area contributed by atoms with Gasteiger partial charge in [-0.1, -0.05) is 39.0 Å². The zero-order chi connectivity index (χ0) is 13.9. The summed E-state index contributed by atoms with van der Waals surface area (Å²) in [6.45, 7) is 4.84. The van der Waals surface area contributed by atoms with E-state index in [1.165, 1.54) is 11.9 Å². The first-order valence-electron chi connectivity index (χ1n) is 5.67. The normalized spacial score (nSPS) is 10.9. The number of likely N-dealkylation sites (N-methyl/N-ethyl adjacent to an activating group) is 1. The molecule has 0 N–H and O–H groups in total. The molecule has 0 radical (unpaired) electrons. The molecule has 1 rings (SSSR count). The molecule has 96 valence electrons. The lowest BCUT2D eigenvalue weighted by Crippen LogP contribution is -2.41. The van der Waals surface area contributed by atoms with Crippen LogP contribution in [0, 0.1) is 5.41 Å². The number of rotatable bonds is 3. The highest BCUT2D eigenvalue weighted by Gasteiger charge is 2.34. The molecule has 0 fully saturated rings. The number of Topliss-reactive ketones (excluding diaryl/α,β-unsaturated/α-hetero) is 2. The fourth-order valence-corrected chi connectivity index (χ4v) is 1.36. The van der Waals surface area contributed by atoms with Crippen LogP contribution in [0.2, 0.25) is 0 Å². The van der Waals surface area contributed by atoms with Crippen molar-refractivity contribution in [3.63, 3.8) is 0 Å². The van der Waals surface area contributed by atoms with Crippen LogP contribution >= 0.6 is 0 Å². The standard InChI is InChI=1S/C14H17NO3/c1-14(2,3)12(17)11(16)13(18)15(4)10-8-6-5-7-9-10/h5-9H,1-4H3. The monoisotopic (exact) mass is 247 g/mol. The molecule has 0 unspecified atom stereocenters. The predicted octanol–water partition coefficient (Wildman–Crippen LogP) is 1.83. The van der Waals surface area contributed by atoms with Gasteiger partial charge in [-0.05, 0) is 12.1 Å². The van der Waals surface area contributed by atoms with E-state index in [0.29, 0.717) is 5.69 Å². The molecule has 0 bridgehead atoms. The number of carbonyl (C=O) groups is 3. The van der Waals surface area contributed by atoms with E-state index in [0.717, 1.165) is 0 Å². The summed E-state index contributed by atoms with van der Waals surface area (Å²) in [5, 5.41) is 0. The third kappa shape index (κ3) is 3.03. The van der Waals surface area contributed by atoms with Crippen molar-refractivity contribution in [1.82, 2.24) is 0 Å². The van der Waals surface area contributed by atoms with Crippen LogP contribution in [0.5, 0.6) is 0 Å². The lowest BCUT2D eigenvalue weighted by atomic mass is 9.88. The largest absolute Gasteiger partial charge is 0.308 e. The van der Waals surface area contributed by atoms with Gasteiger partial charge in [0.25, 0.3) is 5.78 Å². The van der Waals surface area contributed by atoms with E-state index in [-0.39, 0.29) is 0 Å². The average molecular weight is 247 g/mol. The molecule has 4 nitrogen and oxygen atoms in total. The van der Waals surface area contributed by atoms with Gasteiger partial charge in [-0.25, -0.2) is 0 Å². The molecular formula is C14H17NO3. The minimum atomic E-state index is -0.978. The van der Waals surface area contributed by atoms with Gasteiger partial charge in [0.2, 0.25) is 5.78 Å². The van der Waals surface area contributed by atoms with E-state index in [9.17, 15) is 14.4 Å². The first-order chi connectivity index (χ1) is 8.25. The maximum atomic E-state index is 11.9. The van der Waals surface area contributed by atoms with Gasteiger partial charge in [-0.2, -0.15) is 0 Å². The summed E-state index contributed by atoms with van der Waals surface area (Å²) in [5.41, 5.74) is -0.262. The van der Waals surface area contributed by atoms with Crippen molar-refractivity contribution in [2.24, 2.45) is 5.41 Å². The average Bonchev–Trinajstić information content (AvgIpc) is 2.35. The van der Waals surface area contributed by atoms with Crippen molar-refractivity contribution >= 4 is 23.2 Å². The Morgan fingerprint density at radius 3 is 1.94 bits per heavy atom. The zero-order valence-corrected chi connectivity index (χ0v) is 11.1. The Morgan fingerprint density at radius 1 is 1.00 bits per heavy atom. The second-order valence-corrected chi connectivity index (χ2v) is 5.11. The Hall–Kier alpha value is -1.97. The molecule has 18 heavy (non-hydrogen) atoms. The smallest absolute Gasteiger partial charge is 0.302 e. The number of carbonyl (C=O) groups excluding carboxylic acids is 3. The summed E-state index contributed by atoms with van der Waals surface area (Å²) in [4.78, 5) is 36.6. The SMILES string of the molecule is CN(C(=O)C(=O)C(=O)C(C)(C)C)c1ccccc1. The summed E-state index contributed by atoms with van der Waals surface area (Å²) < 4.78 is 0. The van der Waals surface area contributed by atoms with Gasteiger partial charge < -0.3 is 4.90 Å². The molecule has 4 heteroatoms. The highest BCUT2D eigenvalue weighted by Crippen LogP contribution is 2.17. The number of hydrogen-bond acceptors (Lipinski definition) is 3. The van der Waals surface area contributed by atoms with E-state index in [2.05, 4.69) is 0 Å². The van der Waals surface area contributed by atoms with Crippen LogP contribution in [0.3, 0.4) is 0 Å². The van der Waals surface area contributed by atoms with Crippen molar-refractivity contribution in [1.29, 1.82) is 0 Å². The molecule has 0 atom stereocenters. The Labute approximate surface area is 107 Å². The number of nitrogens with zero attached hydrogens (tertiary/aromatic N) is 1. The third-order valence-corrected chi connectivity index (χ3v) is 2.53. The molecule has 0 saturated heterocycles. The number of anilines is 1. The van der Waals surface area contributed by atoms with Gasteiger partial charge in [0.05, 0.1) is 0 Å². The fraction of sp³-hybridized carbons (Fsp3) is 0.357. The molecule has 0 aliphatic carbocycles. The predicted molar refractivity (Wildman–Crippen MR) is 69.3 cm³/mol. The highest BCUT2D eigenvalue weighted by atomic mass is 16.2. The Bertz CT molecular complexity index is 472. The summed E-state index contributed by atoms with van der Waals surface area (Å²) in [7, 11) is 1.48. The number of benzene rings is 1. The zero-order valence-electron chi connectivity index (χ0n) is 11.1. The molecule has 0 saturated carbocycles. The van der Waals surface area contributed by atoms with Crippen LogP contribution in [-0.4, -0.2) is 24.5 Å². The van der Waals surface area contributed by atoms with Crippen molar-refractivity contribution in [2.45, 2.75) is 20.8 Å². The van der Waals surface area contributed by atoms with Gasteiger partial charge in [0.1, 0.15) is 0 Å². The van der Waals surface area contributed by atoms with Gasteiger partial charge in [-0.3, -0.25) is 14.4 Å². The van der Waals surface area contributed by atoms with Gasteiger partial charge in [-0.15, -0.1) is 0 Å². The molecule has 1 aromatic rings. The van der Waals surface area contributed by atoms with Crippen LogP contribution in [0.4, 0.5) is 5.69 Å². The number of hydrogen-bond donors (Lipinski definition) is 0. The van der Waals surface area contributed by atoms with E-state index < -0.39 is 22.9 Å². The lowest BCUT2D eigenvalue weighted by Gasteiger charge is -2.19. The minimum absolute atomic E-state index is 0.581. The van der Waals surface area contributed by atoms with E-state index in [4.69, 9.17) is 0 Å². The first kappa shape index (κ1) is 14.1. The molecule has 0 aliphatic heterocycles. The van der Waals surface area contributed by atoms with Crippen LogP contribution < -0.4 is 4.90 Å². The minimum Gasteiger partial charge on any atom is -0.308 e. The van der Waals surface area contributed by atoms with Gasteiger partial charge in [0, 0.05) is 18.2 Å². The third-order valence-electron chi connectivity index (χ3n) is 2.53. The first-order valence-corrected chi connectivity index (χ1v) is 5.67. The quantitative estimate of drug-likeness (QED) is 0.605. The molecule has 0 heterocycles. The molecule has 1 amide bonds.